The maximum Gasteiger partial charge on any atom is 0.293 e. The van der Waals surface area contributed by atoms with Crippen LogP contribution in [-0.4, -0.2) is 65.5 Å². The molecule has 200 valence electrons. The first-order valence-corrected chi connectivity index (χ1v) is 12.6. The molecular weight excluding hydrogens is 490 g/mol. The van der Waals surface area contributed by atoms with Crippen LogP contribution in [0.25, 0.3) is 0 Å². The van der Waals surface area contributed by atoms with Crippen LogP contribution < -0.4 is 10.9 Å². The van der Waals surface area contributed by atoms with Crippen LogP contribution in [0, 0.1) is 17.7 Å². The van der Waals surface area contributed by atoms with Crippen molar-refractivity contribution in [2.45, 2.75) is 38.0 Å². The van der Waals surface area contributed by atoms with Crippen molar-refractivity contribution in [3.05, 3.63) is 92.9 Å². The van der Waals surface area contributed by atoms with Crippen LogP contribution in [0.5, 0.6) is 5.75 Å². The summed E-state index contributed by atoms with van der Waals surface area (Å²) < 4.78 is 33.6. The standard InChI is InChI=1S/C29H32F2N4O3/c1-19(13-30)32-14-23(12-27-28(36)29(37)34-18-33-27)25-10-9-21(11-26(25)31)6-3-20-4-7-22(8-5-20)15-35-16-24(17-35)38-2/h4-5,7-11,18-19,23-24,32,36H,12-17H2,1-2H3,(H,33,34,37)/t19-,23?/m0/s1. The molecule has 0 spiro atoms. The molecule has 0 amide bonds. The van der Waals surface area contributed by atoms with Crippen molar-refractivity contribution < 1.29 is 18.6 Å². The number of benzene rings is 2. The average Bonchev–Trinajstić information content (AvgIpc) is 2.90. The lowest BCUT2D eigenvalue weighted by Gasteiger charge is -2.38. The van der Waals surface area contributed by atoms with E-state index >= 15 is 4.39 Å². The number of hydrogen-bond donors (Lipinski definition) is 3. The second kappa shape index (κ2) is 12.8. The molecule has 9 heteroatoms. The molecule has 2 heterocycles. The number of aromatic amines is 1. The van der Waals surface area contributed by atoms with Crippen molar-refractivity contribution in [3.63, 3.8) is 0 Å². The predicted octanol–water partition coefficient (Wildman–Crippen LogP) is 3.12. The summed E-state index contributed by atoms with van der Waals surface area (Å²) in [5.74, 6) is 4.61. The number of ether oxygens (including phenoxy) is 1. The number of nitrogens with zero attached hydrogens (tertiary/aromatic N) is 2. The summed E-state index contributed by atoms with van der Waals surface area (Å²) in [5.41, 5.74) is 2.38. The smallest absolute Gasteiger partial charge is 0.293 e. The van der Waals surface area contributed by atoms with Gasteiger partial charge < -0.3 is 20.1 Å². The highest BCUT2D eigenvalue weighted by molar-refractivity contribution is 5.45. The molecule has 1 fully saturated rings. The van der Waals surface area contributed by atoms with E-state index in [0.717, 1.165) is 25.2 Å². The number of alkyl halides is 1. The van der Waals surface area contributed by atoms with Gasteiger partial charge in [-0.15, -0.1) is 0 Å². The second-order valence-electron chi connectivity index (χ2n) is 9.63. The average molecular weight is 523 g/mol. The highest BCUT2D eigenvalue weighted by Gasteiger charge is 2.26. The van der Waals surface area contributed by atoms with Crippen LogP contribution >= 0.6 is 0 Å². The number of H-pyrrole nitrogens is 1. The molecular formula is C29H32F2N4O3. The normalized spacial score (nSPS) is 15.4. The minimum Gasteiger partial charge on any atom is -0.502 e. The van der Waals surface area contributed by atoms with E-state index in [1.165, 1.54) is 18.0 Å². The van der Waals surface area contributed by atoms with Crippen molar-refractivity contribution in [2.24, 2.45) is 0 Å². The van der Waals surface area contributed by atoms with Gasteiger partial charge in [0.1, 0.15) is 12.5 Å². The maximum absolute atomic E-state index is 15.2. The minimum atomic E-state index is -0.668. The summed E-state index contributed by atoms with van der Waals surface area (Å²) in [6.07, 6.45) is 1.61. The Kier molecular flexibility index (Phi) is 9.24. The number of likely N-dealkylation sites (tertiary alicyclic amines) is 1. The summed E-state index contributed by atoms with van der Waals surface area (Å²) in [6, 6.07) is 12.3. The molecule has 0 bridgehead atoms. The topological polar surface area (TPSA) is 90.5 Å². The van der Waals surface area contributed by atoms with Crippen LogP contribution in [0.1, 0.15) is 40.8 Å². The number of aromatic hydroxyl groups is 1. The third-order valence-electron chi connectivity index (χ3n) is 6.70. The van der Waals surface area contributed by atoms with E-state index in [0.29, 0.717) is 17.2 Å². The molecule has 0 radical (unpaired) electrons. The lowest BCUT2D eigenvalue weighted by atomic mass is 9.92. The van der Waals surface area contributed by atoms with Gasteiger partial charge in [-0.1, -0.05) is 30.0 Å². The zero-order valence-corrected chi connectivity index (χ0v) is 21.5. The van der Waals surface area contributed by atoms with Crippen LogP contribution in [0.15, 0.2) is 53.6 Å². The van der Waals surface area contributed by atoms with Gasteiger partial charge in [-0.2, -0.15) is 0 Å². The van der Waals surface area contributed by atoms with Gasteiger partial charge in [-0.05, 0) is 42.3 Å². The first-order valence-electron chi connectivity index (χ1n) is 12.6. The van der Waals surface area contributed by atoms with E-state index in [1.54, 1.807) is 26.2 Å². The molecule has 38 heavy (non-hydrogen) atoms. The number of rotatable bonds is 10. The zero-order chi connectivity index (χ0) is 27.1. The molecule has 0 aliphatic carbocycles. The second-order valence-corrected chi connectivity index (χ2v) is 9.63. The molecule has 0 saturated carbocycles. The Morgan fingerprint density at radius 1 is 1.21 bits per heavy atom. The van der Waals surface area contributed by atoms with Gasteiger partial charge in [0.05, 0.1) is 18.1 Å². The Labute approximate surface area is 220 Å². The molecule has 3 aromatic rings. The summed E-state index contributed by atoms with van der Waals surface area (Å²) in [7, 11) is 1.73. The van der Waals surface area contributed by atoms with Crippen molar-refractivity contribution >= 4 is 0 Å². The first kappa shape index (κ1) is 27.5. The first-order chi connectivity index (χ1) is 18.4. The van der Waals surface area contributed by atoms with Gasteiger partial charge in [0.25, 0.3) is 5.56 Å². The number of methoxy groups -OCH3 is 1. The molecule has 2 aromatic carbocycles. The van der Waals surface area contributed by atoms with E-state index < -0.39 is 35.8 Å². The van der Waals surface area contributed by atoms with Crippen LogP contribution in [-0.2, 0) is 17.7 Å². The molecule has 7 nitrogen and oxygen atoms in total. The van der Waals surface area contributed by atoms with Crippen LogP contribution in [0.4, 0.5) is 8.78 Å². The van der Waals surface area contributed by atoms with Gasteiger partial charge in [0, 0.05) is 62.8 Å². The van der Waals surface area contributed by atoms with Gasteiger partial charge in [0.2, 0.25) is 5.75 Å². The monoisotopic (exact) mass is 522 g/mol. The zero-order valence-electron chi connectivity index (χ0n) is 21.5. The quantitative estimate of drug-likeness (QED) is 0.355. The van der Waals surface area contributed by atoms with Gasteiger partial charge >= 0.3 is 0 Å². The summed E-state index contributed by atoms with van der Waals surface area (Å²) in [5, 5.41) is 13.1. The van der Waals surface area contributed by atoms with Crippen molar-refractivity contribution in [2.75, 3.05) is 33.4 Å². The number of nitrogens with one attached hydrogen (secondary N) is 2. The third kappa shape index (κ3) is 7.04. The Morgan fingerprint density at radius 3 is 2.61 bits per heavy atom. The van der Waals surface area contributed by atoms with Crippen molar-refractivity contribution in [1.29, 1.82) is 0 Å². The largest absolute Gasteiger partial charge is 0.502 e. The number of aromatic nitrogens is 2. The van der Waals surface area contributed by atoms with Crippen LogP contribution in [0.2, 0.25) is 0 Å². The Balaban J connectivity index is 1.46. The Hall–Kier alpha value is -3.58. The summed E-state index contributed by atoms with van der Waals surface area (Å²) in [4.78, 5) is 20.4. The van der Waals surface area contributed by atoms with Crippen LogP contribution in [0.3, 0.4) is 0 Å². The van der Waals surface area contributed by atoms with Gasteiger partial charge in [-0.3, -0.25) is 9.69 Å². The highest BCUT2D eigenvalue weighted by atomic mass is 19.1. The number of hydrogen-bond acceptors (Lipinski definition) is 6. The lowest BCUT2D eigenvalue weighted by Crippen LogP contribution is -2.50. The molecule has 1 aliphatic rings. The van der Waals surface area contributed by atoms with E-state index in [4.69, 9.17) is 4.74 Å². The Bertz CT molecular complexity index is 1340. The Morgan fingerprint density at radius 2 is 1.92 bits per heavy atom. The van der Waals surface area contributed by atoms with E-state index in [9.17, 15) is 14.3 Å². The lowest BCUT2D eigenvalue weighted by molar-refractivity contribution is -0.0333. The van der Waals surface area contributed by atoms with E-state index in [2.05, 4.69) is 32.0 Å². The molecule has 1 unspecified atom stereocenters. The van der Waals surface area contributed by atoms with Crippen molar-refractivity contribution in [1.82, 2.24) is 20.2 Å². The van der Waals surface area contributed by atoms with Crippen molar-refractivity contribution in [3.8, 4) is 17.6 Å². The molecule has 1 saturated heterocycles. The fraction of sp³-hybridized carbons (Fsp3) is 0.379. The molecule has 1 aromatic heterocycles. The summed E-state index contributed by atoms with van der Waals surface area (Å²) in [6.45, 7) is 4.08. The fourth-order valence-corrected chi connectivity index (χ4v) is 4.33. The van der Waals surface area contributed by atoms with Gasteiger partial charge in [-0.25, -0.2) is 13.8 Å². The SMILES string of the molecule is COC1CN(Cc2ccc(C#Cc3ccc(C(CN[C@@H](C)CF)Cc4nc[nH]c(=O)c4O)c(F)c3)cc2)C1. The molecule has 4 rings (SSSR count). The molecule has 3 N–H and O–H groups in total. The highest BCUT2D eigenvalue weighted by Crippen LogP contribution is 2.25. The summed E-state index contributed by atoms with van der Waals surface area (Å²) >= 11 is 0. The van der Waals surface area contributed by atoms with Gasteiger partial charge in [0.15, 0.2) is 0 Å². The minimum absolute atomic E-state index is 0.0968. The third-order valence-corrected chi connectivity index (χ3v) is 6.70. The predicted molar refractivity (Wildman–Crippen MR) is 141 cm³/mol. The molecule has 2 atom stereocenters. The number of halogens is 2. The van der Waals surface area contributed by atoms with E-state index in [1.807, 2.05) is 24.3 Å². The van der Waals surface area contributed by atoms with E-state index in [-0.39, 0.29) is 18.7 Å². The molecule has 1 aliphatic heterocycles. The maximum atomic E-state index is 15.2. The fourth-order valence-electron chi connectivity index (χ4n) is 4.33.